The molecule has 4 nitrogen and oxygen atoms in total. The van der Waals surface area contributed by atoms with Crippen LogP contribution in [0.1, 0.15) is 38.7 Å². The van der Waals surface area contributed by atoms with Crippen LogP contribution < -0.4 is 11.1 Å². The van der Waals surface area contributed by atoms with Crippen LogP contribution in [-0.2, 0) is 15.1 Å². The number of benzene rings is 1. The third kappa shape index (κ3) is 4.29. The van der Waals surface area contributed by atoms with E-state index in [2.05, 4.69) is 5.32 Å². The Hall–Kier alpha value is -1.39. The van der Waals surface area contributed by atoms with Crippen molar-refractivity contribution in [3.05, 3.63) is 35.9 Å². The number of nitrogens with one attached hydrogen (secondary N) is 1. The van der Waals surface area contributed by atoms with Crippen molar-refractivity contribution in [1.29, 1.82) is 0 Å². The van der Waals surface area contributed by atoms with Gasteiger partial charge in [0, 0.05) is 25.7 Å². The predicted octanol–water partition coefficient (Wildman–Crippen LogP) is 2.18. The second kappa shape index (κ2) is 7.05. The molecule has 1 amide bonds. The highest BCUT2D eigenvalue weighted by molar-refractivity contribution is 5.86. The highest BCUT2D eigenvalue weighted by Gasteiger charge is 2.38. The number of carbonyl (C=O) groups excluding carboxylic acids is 1. The van der Waals surface area contributed by atoms with E-state index in [0.29, 0.717) is 13.0 Å². The van der Waals surface area contributed by atoms with Crippen LogP contribution in [0.4, 0.5) is 0 Å². The van der Waals surface area contributed by atoms with Crippen molar-refractivity contribution in [3.63, 3.8) is 0 Å². The molecule has 21 heavy (non-hydrogen) atoms. The topological polar surface area (TPSA) is 64.3 Å². The van der Waals surface area contributed by atoms with Gasteiger partial charge in [0.15, 0.2) is 0 Å². The highest BCUT2D eigenvalue weighted by Crippen LogP contribution is 2.30. The molecule has 3 N–H and O–H groups in total. The van der Waals surface area contributed by atoms with Gasteiger partial charge < -0.3 is 10.5 Å². The fourth-order valence-electron chi connectivity index (χ4n) is 2.61. The van der Waals surface area contributed by atoms with E-state index >= 15 is 0 Å². The Kier molecular flexibility index (Phi) is 5.37. The number of ether oxygens (including phenoxy) is 1. The maximum absolute atomic E-state index is 12.2. The second-order valence-electron chi connectivity index (χ2n) is 6.20. The fourth-order valence-corrected chi connectivity index (χ4v) is 2.61. The lowest BCUT2D eigenvalue weighted by atomic mass is 9.85. The smallest absolute Gasteiger partial charge is 0.242 e. The molecule has 1 aliphatic rings. The van der Waals surface area contributed by atoms with Crippen LogP contribution in [0.3, 0.4) is 0 Å². The molecule has 0 radical (unpaired) electrons. The molecule has 1 atom stereocenters. The van der Waals surface area contributed by atoms with Crippen molar-refractivity contribution in [1.82, 2.24) is 5.32 Å². The van der Waals surface area contributed by atoms with E-state index in [0.717, 1.165) is 18.1 Å². The molecule has 116 valence electrons. The minimum atomic E-state index is -0.862. The van der Waals surface area contributed by atoms with E-state index in [9.17, 15) is 4.79 Å². The number of rotatable bonds is 9. The summed E-state index contributed by atoms with van der Waals surface area (Å²) in [5.41, 5.74) is 5.79. The first-order valence-electron chi connectivity index (χ1n) is 7.75. The minimum Gasteiger partial charge on any atom is -0.381 e. The number of hydrogen-bond acceptors (Lipinski definition) is 3. The molecule has 2 rings (SSSR count). The number of carbonyl (C=O) groups is 1. The van der Waals surface area contributed by atoms with Gasteiger partial charge in [-0.05, 0) is 38.2 Å². The Labute approximate surface area is 127 Å². The van der Waals surface area contributed by atoms with Crippen LogP contribution in [0.2, 0.25) is 0 Å². The van der Waals surface area contributed by atoms with Gasteiger partial charge in [-0.15, -0.1) is 0 Å². The number of primary amides is 1. The highest BCUT2D eigenvalue weighted by atomic mass is 16.5. The van der Waals surface area contributed by atoms with E-state index in [4.69, 9.17) is 10.5 Å². The first kappa shape index (κ1) is 16.0. The molecule has 0 aliphatic heterocycles. The van der Waals surface area contributed by atoms with Crippen molar-refractivity contribution < 1.29 is 9.53 Å². The van der Waals surface area contributed by atoms with E-state index in [-0.39, 0.29) is 11.9 Å². The van der Waals surface area contributed by atoms with Gasteiger partial charge in [0.1, 0.15) is 5.54 Å². The van der Waals surface area contributed by atoms with Crippen LogP contribution in [0, 0.1) is 5.92 Å². The quantitative estimate of drug-likeness (QED) is 0.685. The molecule has 0 aromatic heterocycles. The lowest BCUT2D eigenvalue weighted by Crippen LogP contribution is -2.55. The molecule has 0 bridgehead atoms. The van der Waals surface area contributed by atoms with E-state index in [1.54, 1.807) is 0 Å². The number of nitrogens with two attached hydrogens (primary N) is 1. The summed E-state index contributed by atoms with van der Waals surface area (Å²) in [5.74, 6) is 0.375. The first-order valence-corrected chi connectivity index (χ1v) is 7.75. The molecule has 1 aromatic carbocycles. The molecule has 0 saturated heterocycles. The normalized spacial score (nSPS) is 17.7. The van der Waals surface area contributed by atoms with Gasteiger partial charge in [0.05, 0.1) is 0 Å². The van der Waals surface area contributed by atoms with Crippen molar-refractivity contribution in [2.45, 2.75) is 44.7 Å². The first-order chi connectivity index (χ1) is 10.0. The molecule has 1 fully saturated rings. The van der Waals surface area contributed by atoms with Crippen LogP contribution >= 0.6 is 0 Å². The molecule has 1 aliphatic carbocycles. The van der Waals surface area contributed by atoms with Crippen molar-refractivity contribution in [2.24, 2.45) is 11.7 Å². The van der Waals surface area contributed by atoms with Gasteiger partial charge >= 0.3 is 0 Å². The van der Waals surface area contributed by atoms with Crippen molar-refractivity contribution >= 4 is 5.91 Å². The van der Waals surface area contributed by atoms with E-state index in [1.165, 1.54) is 12.8 Å². The lowest BCUT2D eigenvalue weighted by Gasteiger charge is -2.34. The summed E-state index contributed by atoms with van der Waals surface area (Å²) < 4.78 is 5.72. The molecule has 0 heterocycles. The van der Waals surface area contributed by atoms with Crippen molar-refractivity contribution in [3.8, 4) is 0 Å². The average Bonchev–Trinajstić information content (AvgIpc) is 3.26. The Bertz CT molecular complexity index is 457. The summed E-state index contributed by atoms with van der Waals surface area (Å²) in [5, 5.41) is 3.36. The average molecular weight is 290 g/mol. The third-order valence-electron chi connectivity index (χ3n) is 3.89. The number of amides is 1. The largest absolute Gasteiger partial charge is 0.381 e. The molecule has 1 aromatic rings. The van der Waals surface area contributed by atoms with Gasteiger partial charge in [-0.25, -0.2) is 0 Å². The van der Waals surface area contributed by atoms with Gasteiger partial charge in [-0.1, -0.05) is 30.3 Å². The van der Waals surface area contributed by atoms with Gasteiger partial charge in [-0.2, -0.15) is 0 Å². The summed E-state index contributed by atoms with van der Waals surface area (Å²) in [4.78, 5) is 12.2. The zero-order valence-corrected chi connectivity index (χ0v) is 13.0. The molecule has 4 heteroatoms. The van der Waals surface area contributed by atoms with Gasteiger partial charge in [-0.3, -0.25) is 10.1 Å². The lowest BCUT2D eigenvalue weighted by molar-refractivity contribution is -0.126. The maximum Gasteiger partial charge on any atom is 0.242 e. The Morgan fingerprint density at radius 1 is 1.38 bits per heavy atom. The summed E-state index contributed by atoms with van der Waals surface area (Å²) in [6.07, 6.45) is 3.09. The van der Waals surface area contributed by atoms with Gasteiger partial charge in [0.2, 0.25) is 5.91 Å². The third-order valence-corrected chi connectivity index (χ3v) is 3.89. The fraction of sp³-hybridized carbons (Fsp3) is 0.588. The summed E-state index contributed by atoms with van der Waals surface area (Å²) >= 11 is 0. The Balaban J connectivity index is 2.11. The molecular weight excluding hydrogens is 264 g/mol. The Morgan fingerprint density at radius 2 is 2.05 bits per heavy atom. The zero-order valence-electron chi connectivity index (χ0n) is 13.0. The van der Waals surface area contributed by atoms with Crippen LogP contribution in [0.15, 0.2) is 30.3 Å². The SMILES string of the molecule is CC(C)NC(CCOCC1CC1)(C(N)=O)c1ccccc1. The summed E-state index contributed by atoms with van der Waals surface area (Å²) in [6, 6.07) is 9.84. The zero-order chi connectivity index (χ0) is 15.3. The second-order valence-corrected chi connectivity index (χ2v) is 6.20. The van der Waals surface area contributed by atoms with E-state index in [1.807, 2.05) is 44.2 Å². The van der Waals surface area contributed by atoms with Crippen LogP contribution in [0.25, 0.3) is 0 Å². The van der Waals surface area contributed by atoms with Gasteiger partial charge in [0.25, 0.3) is 0 Å². The predicted molar refractivity (Wildman–Crippen MR) is 83.7 cm³/mol. The maximum atomic E-state index is 12.2. The van der Waals surface area contributed by atoms with Crippen LogP contribution in [0.5, 0.6) is 0 Å². The summed E-state index contributed by atoms with van der Waals surface area (Å²) in [6.45, 7) is 5.37. The van der Waals surface area contributed by atoms with Crippen LogP contribution in [-0.4, -0.2) is 25.2 Å². The van der Waals surface area contributed by atoms with Crippen molar-refractivity contribution in [2.75, 3.05) is 13.2 Å². The Morgan fingerprint density at radius 3 is 2.57 bits per heavy atom. The molecule has 1 saturated carbocycles. The number of hydrogen-bond donors (Lipinski definition) is 2. The molecular formula is C17H26N2O2. The minimum absolute atomic E-state index is 0.154. The monoisotopic (exact) mass is 290 g/mol. The molecule has 1 unspecified atom stereocenters. The summed E-state index contributed by atoms with van der Waals surface area (Å²) in [7, 11) is 0. The molecule has 0 spiro atoms. The van der Waals surface area contributed by atoms with E-state index < -0.39 is 5.54 Å². The standard InChI is InChI=1S/C17H26N2O2/c1-13(2)19-17(16(18)20,15-6-4-3-5-7-15)10-11-21-12-14-8-9-14/h3-7,13-14,19H,8-12H2,1-2H3,(H2,18,20).